The van der Waals surface area contributed by atoms with Gasteiger partial charge in [-0.25, -0.2) is 0 Å². The number of para-hydroxylation sites is 1. The third-order valence-corrected chi connectivity index (χ3v) is 5.91. The predicted octanol–water partition coefficient (Wildman–Crippen LogP) is 2.50. The van der Waals surface area contributed by atoms with Crippen molar-refractivity contribution < 1.29 is 9.59 Å². The van der Waals surface area contributed by atoms with Gasteiger partial charge in [0.15, 0.2) is 0 Å². The van der Waals surface area contributed by atoms with Crippen molar-refractivity contribution in [1.82, 2.24) is 14.8 Å². The summed E-state index contributed by atoms with van der Waals surface area (Å²) in [6.45, 7) is 2.39. The molecule has 2 N–H and O–H groups in total. The number of benzene rings is 1. The molecule has 7 nitrogen and oxygen atoms in total. The average Bonchev–Trinajstić information content (AvgIpc) is 3.29. The Labute approximate surface area is 178 Å². The second kappa shape index (κ2) is 9.06. The van der Waals surface area contributed by atoms with Crippen LogP contribution in [0.1, 0.15) is 10.4 Å². The number of hydrogen-bond donors (Lipinski definition) is 2. The highest BCUT2D eigenvalue weighted by Crippen LogP contribution is 2.21. The number of hydrogen-bond acceptors (Lipinski definition) is 5. The van der Waals surface area contributed by atoms with Gasteiger partial charge in [-0.1, -0.05) is 24.3 Å². The average molecular weight is 423 g/mol. The zero-order chi connectivity index (χ0) is 20.9. The number of H-pyrrole nitrogens is 1. The Morgan fingerprint density at radius 3 is 2.40 bits per heavy atom. The molecule has 2 aromatic heterocycles. The number of carbonyl (C=O) groups excluding carboxylic acids is 2. The monoisotopic (exact) mass is 422 g/mol. The van der Waals surface area contributed by atoms with E-state index in [4.69, 9.17) is 0 Å². The summed E-state index contributed by atoms with van der Waals surface area (Å²) in [5.41, 5.74) is 1.24. The van der Waals surface area contributed by atoms with Crippen LogP contribution < -0.4 is 10.9 Å². The Bertz CT molecular complexity index is 1070. The Morgan fingerprint density at radius 2 is 1.73 bits per heavy atom. The van der Waals surface area contributed by atoms with Crippen molar-refractivity contribution in [3.8, 4) is 10.6 Å². The lowest BCUT2D eigenvalue weighted by Gasteiger charge is -2.34. The Kier molecular flexibility index (Phi) is 6.06. The SMILES string of the molecule is O=C(CN1CCN(C(=O)c2ccc(-c3cccs3)[nH]c2=O)CC1)Nc1ccccc1. The van der Waals surface area contributed by atoms with Crippen molar-refractivity contribution in [2.24, 2.45) is 0 Å². The largest absolute Gasteiger partial charge is 0.336 e. The minimum absolute atomic E-state index is 0.0819. The molecule has 1 fully saturated rings. The molecule has 3 heterocycles. The smallest absolute Gasteiger partial charge is 0.261 e. The number of anilines is 1. The van der Waals surface area contributed by atoms with Gasteiger partial charge < -0.3 is 15.2 Å². The van der Waals surface area contributed by atoms with Gasteiger partial charge in [-0.3, -0.25) is 19.3 Å². The summed E-state index contributed by atoms with van der Waals surface area (Å²) in [4.78, 5) is 44.9. The van der Waals surface area contributed by atoms with E-state index < -0.39 is 0 Å². The van der Waals surface area contributed by atoms with Crippen molar-refractivity contribution in [3.63, 3.8) is 0 Å². The minimum atomic E-state index is -0.379. The molecular weight excluding hydrogens is 400 g/mol. The number of aromatic amines is 1. The number of pyridine rings is 1. The highest BCUT2D eigenvalue weighted by Gasteiger charge is 2.25. The number of rotatable bonds is 5. The van der Waals surface area contributed by atoms with E-state index in [1.165, 1.54) is 11.3 Å². The Balaban J connectivity index is 1.32. The summed E-state index contributed by atoms with van der Waals surface area (Å²) in [5, 5.41) is 4.80. The molecule has 0 bridgehead atoms. The summed E-state index contributed by atoms with van der Waals surface area (Å²) in [5.74, 6) is -0.357. The molecular formula is C22H22N4O3S. The van der Waals surface area contributed by atoms with E-state index in [-0.39, 0.29) is 29.5 Å². The van der Waals surface area contributed by atoms with Crippen LogP contribution in [0, 0.1) is 0 Å². The summed E-state index contributed by atoms with van der Waals surface area (Å²) >= 11 is 1.53. The fourth-order valence-corrected chi connectivity index (χ4v) is 4.13. The first-order valence-electron chi connectivity index (χ1n) is 9.74. The van der Waals surface area contributed by atoms with Crippen molar-refractivity contribution >= 4 is 28.8 Å². The highest BCUT2D eigenvalue weighted by molar-refractivity contribution is 7.13. The van der Waals surface area contributed by atoms with Crippen LogP contribution in [0.5, 0.6) is 0 Å². The van der Waals surface area contributed by atoms with Crippen molar-refractivity contribution in [3.05, 3.63) is 75.9 Å². The second-order valence-corrected chi connectivity index (χ2v) is 8.02. The molecule has 3 aromatic rings. The molecule has 1 aliphatic heterocycles. The van der Waals surface area contributed by atoms with Gasteiger partial charge in [-0.05, 0) is 35.7 Å². The first-order valence-corrected chi connectivity index (χ1v) is 10.6. The molecule has 0 aliphatic carbocycles. The second-order valence-electron chi connectivity index (χ2n) is 7.07. The summed E-state index contributed by atoms with van der Waals surface area (Å²) in [6.07, 6.45) is 0. The van der Waals surface area contributed by atoms with Crippen molar-refractivity contribution in [1.29, 1.82) is 0 Å². The molecule has 0 unspecified atom stereocenters. The summed E-state index contributed by atoms with van der Waals surface area (Å²) < 4.78 is 0. The molecule has 30 heavy (non-hydrogen) atoms. The van der Waals surface area contributed by atoms with E-state index in [0.717, 1.165) is 10.6 Å². The molecule has 8 heteroatoms. The van der Waals surface area contributed by atoms with Crippen LogP contribution in [0.25, 0.3) is 10.6 Å². The first kappa shape index (κ1) is 20.1. The van der Waals surface area contributed by atoms with E-state index in [1.54, 1.807) is 17.0 Å². The number of thiophene rings is 1. The molecule has 0 saturated carbocycles. The standard InChI is InChI=1S/C22H22N4O3S/c27-20(23-16-5-2-1-3-6-16)15-25-10-12-26(13-11-25)22(29)17-8-9-18(24-21(17)28)19-7-4-14-30-19/h1-9,14H,10-13,15H2,(H,23,27)(H,24,28). The van der Waals surface area contributed by atoms with Gasteiger partial charge in [0.1, 0.15) is 5.56 Å². The van der Waals surface area contributed by atoms with Crippen LogP contribution in [0.3, 0.4) is 0 Å². The van der Waals surface area contributed by atoms with Gasteiger partial charge >= 0.3 is 0 Å². The van der Waals surface area contributed by atoms with E-state index in [9.17, 15) is 14.4 Å². The van der Waals surface area contributed by atoms with Gasteiger partial charge in [0.05, 0.1) is 17.1 Å². The summed E-state index contributed by atoms with van der Waals surface area (Å²) in [7, 11) is 0. The highest BCUT2D eigenvalue weighted by atomic mass is 32.1. The maximum Gasteiger partial charge on any atom is 0.261 e. The van der Waals surface area contributed by atoms with Gasteiger partial charge in [-0.2, -0.15) is 0 Å². The molecule has 0 spiro atoms. The van der Waals surface area contributed by atoms with Gasteiger partial charge in [0.2, 0.25) is 5.91 Å². The van der Waals surface area contributed by atoms with Crippen LogP contribution >= 0.6 is 11.3 Å². The van der Waals surface area contributed by atoms with Gasteiger partial charge in [0.25, 0.3) is 11.5 Å². The van der Waals surface area contributed by atoms with Crippen molar-refractivity contribution in [2.75, 3.05) is 38.0 Å². The third kappa shape index (κ3) is 4.67. The molecule has 154 valence electrons. The topological polar surface area (TPSA) is 85.5 Å². The van der Waals surface area contributed by atoms with E-state index in [2.05, 4.69) is 10.3 Å². The molecule has 1 saturated heterocycles. The normalized spacial score (nSPS) is 14.5. The number of aromatic nitrogens is 1. The number of carbonyl (C=O) groups is 2. The first-order chi connectivity index (χ1) is 14.6. The molecule has 1 aliphatic rings. The minimum Gasteiger partial charge on any atom is -0.336 e. The van der Waals surface area contributed by atoms with Crippen LogP contribution in [0.15, 0.2) is 64.8 Å². The lowest BCUT2D eigenvalue weighted by atomic mass is 10.2. The molecule has 1 aromatic carbocycles. The third-order valence-electron chi connectivity index (χ3n) is 5.01. The van der Waals surface area contributed by atoms with Crippen LogP contribution in [0.4, 0.5) is 5.69 Å². The number of nitrogens with one attached hydrogen (secondary N) is 2. The fourth-order valence-electron chi connectivity index (χ4n) is 3.42. The predicted molar refractivity (Wildman–Crippen MR) is 118 cm³/mol. The molecule has 4 rings (SSSR count). The Morgan fingerprint density at radius 1 is 0.967 bits per heavy atom. The Hall–Kier alpha value is -3.23. The quantitative estimate of drug-likeness (QED) is 0.662. The van der Waals surface area contributed by atoms with Crippen molar-refractivity contribution in [2.45, 2.75) is 0 Å². The van der Waals surface area contributed by atoms with Crippen LogP contribution in [-0.2, 0) is 4.79 Å². The van der Waals surface area contributed by atoms with Gasteiger partial charge in [-0.15, -0.1) is 11.3 Å². The zero-order valence-electron chi connectivity index (χ0n) is 16.3. The van der Waals surface area contributed by atoms with E-state index in [0.29, 0.717) is 31.9 Å². The number of amides is 2. The van der Waals surface area contributed by atoms with Gasteiger partial charge in [0, 0.05) is 31.9 Å². The lowest BCUT2D eigenvalue weighted by molar-refractivity contribution is -0.117. The van der Waals surface area contributed by atoms with E-state index >= 15 is 0 Å². The summed E-state index contributed by atoms with van der Waals surface area (Å²) in [6, 6.07) is 16.5. The maximum absolute atomic E-state index is 12.8. The van der Waals surface area contributed by atoms with E-state index in [1.807, 2.05) is 52.7 Å². The lowest BCUT2D eigenvalue weighted by Crippen LogP contribution is -2.51. The number of piperazine rings is 1. The van der Waals surface area contributed by atoms with Crippen LogP contribution in [-0.4, -0.2) is 59.3 Å². The zero-order valence-corrected chi connectivity index (χ0v) is 17.2. The fraction of sp³-hybridized carbons (Fsp3) is 0.227. The van der Waals surface area contributed by atoms with Crippen LogP contribution in [0.2, 0.25) is 0 Å². The maximum atomic E-state index is 12.8. The molecule has 2 amide bonds. The molecule has 0 atom stereocenters. The number of nitrogens with zero attached hydrogens (tertiary/aromatic N) is 2. The molecule has 0 radical (unpaired) electrons.